The first-order valence-electron chi connectivity index (χ1n) is 10.4. The molecule has 1 aromatic carbocycles. The first kappa shape index (κ1) is 30.0. The highest BCUT2D eigenvalue weighted by Crippen LogP contribution is 2.25. The van der Waals surface area contributed by atoms with Crippen molar-refractivity contribution in [1.82, 2.24) is 10.2 Å². The molecule has 0 unspecified atom stereocenters. The Morgan fingerprint density at radius 1 is 1.09 bits per heavy atom. The Labute approximate surface area is 200 Å². The molecule has 15 heteroatoms. The van der Waals surface area contributed by atoms with E-state index in [9.17, 15) is 36.3 Å². The van der Waals surface area contributed by atoms with E-state index in [2.05, 4.69) is 14.9 Å². The Kier molecular flexibility index (Phi) is 10.8. The number of carboxylic acids is 2. The number of hydrogen-bond acceptors (Lipinski definition) is 7. The van der Waals surface area contributed by atoms with Crippen LogP contribution in [0.2, 0.25) is 0 Å². The first-order valence-corrected chi connectivity index (χ1v) is 12.3. The van der Waals surface area contributed by atoms with Gasteiger partial charge in [-0.05, 0) is 24.1 Å². The van der Waals surface area contributed by atoms with Crippen molar-refractivity contribution in [3.8, 4) is 0 Å². The molecule has 0 aliphatic carbocycles. The molecule has 2 rings (SSSR count). The topological polar surface area (TPSA) is 156 Å². The van der Waals surface area contributed by atoms with E-state index in [1.807, 2.05) is 18.7 Å². The number of piperazine rings is 1. The van der Waals surface area contributed by atoms with E-state index in [-0.39, 0.29) is 17.2 Å². The van der Waals surface area contributed by atoms with Gasteiger partial charge in [0.1, 0.15) is 0 Å². The number of amides is 1. The molecule has 1 fully saturated rings. The SMILES string of the molecule is CC(C)CNC(=O)CN1CCN(c2ccc(NS(C)(=O)=O)c(C(=O)O)c2)CC1.O=C(O)C(F)(F)F. The second-order valence-electron chi connectivity index (χ2n) is 8.17. The molecule has 1 aliphatic rings. The number of halogens is 3. The molecule has 0 radical (unpaired) electrons. The monoisotopic (exact) mass is 526 g/mol. The zero-order valence-electron chi connectivity index (χ0n) is 19.4. The van der Waals surface area contributed by atoms with Crippen LogP contribution < -0.4 is 14.9 Å². The van der Waals surface area contributed by atoms with Gasteiger partial charge in [0.2, 0.25) is 15.9 Å². The Morgan fingerprint density at radius 3 is 2.06 bits per heavy atom. The number of aromatic carboxylic acids is 1. The van der Waals surface area contributed by atoms with Gasteiger partial charge in [-0.25, -0.2) is 18.0 Å². The average Bonchev–Trinajstić information content (AvgIpc) is 2.71. The van der Waals surface area contributed by atoms with Crippen molar-refractivity contribution < 1.29 is 46.2 Å². The molecular formula is C20H29F3N4O7S. The number of carboxylic acid groups (broad SMARTS) is 2. The summed E-state index contributed by atoms with van der Waals surface area (Å²) in [4.78, 5) is 36.5. The number of nitrogens with one attached hydrogen (secondary N) is 2. The van der Waals surface area contributed by atoms with E-state index in [0.717, 1.165) is 6.26 Å². The third-order valence-electron chi connectivity index (χ3n) is 4.58. The maximum absolute atomic E-state index is 12.0. The van der Waals surface area contributed by atoms with E-state index in [1.165, 1.54) is 12.1 Å². The van der Waals surface area contributed by atoms with E-state index in [0.29, 0.717) is 50.9 Å². The molecule has 1 aromatic rings. The number of benzene rings is 1. The number of sulfonamides is 1. The number of alkyl halides is 3. The third-order valence-corrected chi connectivity index (χ3v) is 5.17. The van der Waals surface area contributed by atoms with Crippen molar-refractivity contribution in [2.75, 3.05) is 55.1 Å². The Morgan fingerprint density at radius 2 is 1.63 bits per heavy atom. The summed E-state index contributed by atoms with van der Waals surface area (Å²) >= 11 is 0. The minimum absolute atomic E-state index is 0.00603. The standard InChI is InChI=1S/C18H28N4O5S.C2HF3O2/c1-13(2)11-19-17(23)12-21-6-8-22(9-7-21)14-4-5-16(20-28(3,26)27)15(10-14)18(24)25;3-2(4,5)1(6)7/h4-5,10,13,20H,6-9,11-12H2,1-3H3,(H,19,23)(H,24,25);(H,6,7). The zero-order valence-corrected chi connectivity index (χ0v) is 20.2. The average molecular weight is 527 g/mol. The van der Waals surface area contributed by atoms with Gasteiger partial charge < -0.3 is 20.4 Å². The molecule has 1 saturated heterocycles. The summed E-state index contributed by atoms with van der Waals surface area (Å²) in [5.41, 5.74) is 0.651. The summed E-state index contributed by atoms with van der Waals surface area (Å²) in [5, 5.41) is 19.4. The van der Waals surface area contributed by atoms with Crippen LogP contribution in [0.15, 0.2) is 18.2 Å². The summed E-state index contributed by atoms with van der Waals surface area (Å²) in [6.07, 6.45) is -4.11. The second-order valence-corrected chi connectivity index (χ2v) is 9.92. The number of aliphatic carboxylic acids is 1. The number of carbonyl (C=O) groups is 3. The molecule has 0 saturated carbocycles. The highest BCUT2D eigenvalue weighted by Gasteiger charge is 2.38. The van der Waals surface area contributed by atoms with Crippen molar-refractivity contribution >= 4 is 39.2 Å². The van der Waals surface area contributed by atoms with Crippen molar-refractivity contribution in [3.63, 3.8) is 0 Å². The quantitative estimate of drug-likeness (QED) is 0.392. The number of carbonyl (C=O) groups excluding carboxylic acids is 1. The van der Waals surface area contributed by atoms with Gasteiger partial charge in [0, 0.05) is 38.4 Å². The van der Waals surface area contributed by atoms with Crippen LogP contribution >= 0.6 is 0 Å². The van der Waals surface area contributed by atoms with Crippen LogP contribution in [0.1, 0.15) is 24.2 Å². The fourth-order valence-corrected chi connectivity index (χ4v) is 3.51. The van der Waals surface area contributed by atoms with E-state index < -0.39 is 28.1 Å². The summed E-state index contributed by atoms with van der Waals surface area (Å²) < 4.78 is 56.8. The van der Waals surface area contributed by atoms with Gasteiger partial charge in [-0.15, -0.1) is 0 Å². The fourth-order valence-electron chi connectivity index (χ4n) is 2.94. The van der Waals surface area contributed by atoms with Crippen LogP contribution in [-0.2, 0) is 19.6 Å². The maximum Gasteiger partial charge on any atom is 0.490 e. The minimum atomic E-state index is -5.08. The molecule has 198 valence electrons. The number of rotatable bonds is 8. The molecule has 4 N–H and O–H groups in total. The lowest BCUT2D eigenvalue weighted by Crippen LogP contribution is -2.49. The van der Waals surface area contributed by atoms with E-state index >= 15 is 0 Å². The summed E-state index contributed by atoms with van der Waals surface area (Å²) in [5.74, 6) is -3.54. The predicted octanol–water partition coefficient (Wildman–Crippen LogP) is 1.28. The van der Waals surface area contributed by atoms with Gasteiger partial charge in [0.05, 0.1) is 24.1 Å². The normalized spacial score (nSPS) is 14.7. The Balaban J connectivity index is 0.000000762. The van der Waals surface area contributed by atoms with E-state index in [1.54, 1.807) is 6.07 Å². The smallest absolute Gasteiger partial charge is 0.478 e. The number of hydrogen-bond donors (Lipinski definition) is 4. The van der Waals surface area contributed by atoms with Crippen LogP contribution in [0.5, 0.6) is 0 Å². The lowest BCUT2D eigenvalue weighted by atomic mass is 10.1. The third kappa shape index (κ3) is 11.3. The van der Waals surface area contributed by atoms with Crippen LogP contribution in [0.4, 0.5) is 24.5 Å². The molecule has 0 spiro atoms. The molecule has 0 bridgehead atoms. The van der Waals surface area contributed by atoms with Crippen molar-refractivity contribution in [3.05, 3.63) is 23.8 Å². The highest BCUT2D eigenvalue weighted by molar-refractivity contribution is 7.92. The molecule has 1 amide bonds. The molecule has 0 aromatic heterocycles. The van der Waals surface area contributed by atoms with Crippen molar-refractivity contribution in [2.45, 2.75) is 20.0 Å². The van der Waals surface area contributed by atoms with Crippen LogP contribution in [0.3, 0.4) is 0 Å². The Bertz CT molecular complexity index is 1010. The number of anilines is 2. The van der Waals surface area contributed by atoms with Crippen LogP contribution in [-0.4, -0.2) is 93.1 Å². The zero-order chi connectivity index (χ0) is 27.0. The fraction of sp³-hybridized carbons (Fsp3) is 0.550. The van der Waals surface area contributed by atoms with Crippen molar-refractivity contribution in [1.29, 1.82) is 0 Å². The second kappa shape index (κ2) is 12.6. The summed E-state index contributed by atoms with van der Waals surface area (Å²) in [6.45, 7) is 7.75. The maximum atomic E-state index is 12.0. The summed E-state index contributed by atoms with van der Waals surface area (Å²) in [7, 11) is -3.57. The van der Waals surface area contributed by atoms with Crippen LogP contribution in [0, 0.1) is 5.92 Å². The molecule has 1 heterocycles. The first-order chi connectivity index (χ1) is 16.0. The highest BCUT2D eigenvalue weighted by atomic mass is 32.2. The van der Waals surface area contributed by atoms with Gasteiger partial charge in [0.15, 0.2) is 0 Å². The number of nitrogens with zero attached hydrogens (tertiary/aromatic N) is 2. The van der Waals surface area contributed by atoms with Gasteiger partial charge in [-0.2, -0.15) is 13.2 Å². The largest absolute Gasteiger partial charge is 0.490 e. The lowest BCUT2D eigenvalue weighted by Gasteiger charge is -2.36. The van der Waals surface area contributed by atoms with Gasteiger partial charge in [0.25, 0.3) is 0 Å². The Hall–Kier alpha value is -3.07. The molecular weight excluding hydrogens is 497 g/mol. The van der Waals surface area contributed by atoms with E-state index in [4.69, 9.17) is 9.90 Å². The molecule has 11 nitrogen and oxygen atoms in total. The van der Waals surface area contributed by atoms with Crippen molar-refractivity contribution in [2.24, 2.45) is 5.92 Å². The molecule has 35 heavy (non-hydrogen) atoms. The van der Waals surface area contributed by atoms with Gasteiger partial charge in [-0.3, -0.25) is 14.4 Å². The minimum Gasteiger partial charge on any atom is -0.478 e. The van der Waals surface area contributed by atoms with Gasteiger partial charge >= 0.3 is 18.1 Å². The predicted molar refractivity (Wildman–Crippen MR) is 122 cm³/mol. The van der Waals surface area contributed by atoms with Crippen LogP contribution in [0.25, 0.3) is 0 Å². The molecule has 1 aliphatic heterocycles. The van der Waals surface area contributed by atoms with Gasteiger partial charge in [-0.1, -0.05) is 13.8 Å². The lowest BCUT2D eigenvalue weighted by molar-refractivity contribution is -0.192. The molecule has 0 atom stereocenters. The summed E-state index contributed by atoms with van der Waals surface area (Å²) in [6, 6.07) is 4.64.